The van der Waals surface area contributed by atoms with Crippen molar-refractivity contribution in [2.45, 2.75) is 26.3 Å². The van der Waals surface area contributed by atoms with Crippen LogP contribution in [0.1, 0.15) is 34.1 Å². The number of benzene rings is 2. The number of aromatic nitrogens is 4. The Hall–Kier alpha value is -3.13. The monoisotopic (exact) mass is 408 g/mol. The number of hydrogen-bond acceptors (Lipinski definition) is 6. The first kappa shape index (κ1) is 18.9. The number of aryl methyl sites for hydroxylation is 2. The summed E-state index contributed by atoms with van der Waals surface area (Å²) in [6.45, 7) is 5.32. The second kappa shape index (κ2) is 6.70. The van der Waals surface area contributed by atoms with E-state index in [0.717, 1.165) is 46.9 Å². The Morgan fingerprint density at radius 1 is 1.17 bits per heavy atom. The largest absolute Gasteiger partial charge is 0.492 e. The second-order valence-electron chi connectivity index (χ2n) is 8.56. The number of para-hydroxylation sites is 1. The number of tetrazole rings is 1. The Morgan fingerprint density at radius 3 is 2.67 bits per heavy atom. The molecule has 8 nitrogen and oxygen atoms in total. The quantitative estimate of drug-likeness (QED) is 0.621. The number of methoxy groups -OCH3 is 1. The van der Waals surface area contributed by atoms with Crippen LogP contribution in [0.5, 0.6) is 17.2 Å². The molecule has 0 N–H and O–H groups in total. The third-order valence-corrected chi connectivity index (χ3v) is 6.27. The van der Waals surface area contributed by atoms with Gasteiger partial charge in [0.2, 0.25) is 18.4 Å². The SMILES string of the molecule is COc1c2c(cc3c1[C@H](c1nnnn1-c1c(C)cccc1C)[N+](C)(C)CC3)OCO2. The molecule has 1 atom stereocenters. The molecule has 156 valence electrons. The van der Waals surface area contributed by atoms with Gasteiger partial charge in [0.25, 0.3) is 0 Å². The van der Waals surface area contributed by atoms with Crippen LogP contribution in [0.3, 0.4) is 0 Å². The Bertz CT molecular complexity index is 1120. The van der Waals surface area contributed by atoms with Crippen LogP contribution in [0.4, 0.5) is 0 Å². The first-order valence-corrected chi connectivity index (χ1v) is 10.1. The van der Waals surface area contributed by atoms with Crippen molar-refractivity contribution in [3.8, 4) is 22.9 Å². The van der Waals surface area contributed by atoms with E-state index in [1.807, 2.05) is 4.68 Å². The fourth-order valence-corrected chi connectivity index (χ4v) is 4.78. The van der Waals surface area contributed by atoms with E-state index >= 15 is 0 Å². The van der Waals surface area contributed by atoms with Crippen molar-refractivity contribution in [1.82, 2.24) is 20.2 Å². The molecule has 0 spiro atoms. The summed E-state index contributed by atoms with van der Waals surface area (Å²) < 4.78 is 19.9. The maximum atomic E-state index is 5.88. The van der Waals surface area contributed by atoms with Gasteiger partial charge >= 0.3 is 0 Å². The van der Waals surface area contributed by atoms with E-state index in [2.05, 4.69) is 67.7 Å². The fraction of sp³-hybridized carbons (Fsp3) is 0.409. The number of rotatable bonds is 3. The van der Waals surface area contributed by atoms with Crippen LogP contribution in [0, 0.1) is 13.8 Å². The van der Waals surface area contributed by atoms with Crippen molar-refractivity contribution < 1.29 is 18.7 Å². The van der Waals surface area contributed by atoms with Gasteiger partial charge in [-0.15, -0.1) is 5.10 Å². The predicted octanol–water partition coefficient (Wildman–Crippen LogP) is 2.74. The number of ether oxygens (including phenoxy) is 3. The summed E-state index contributed by atoms with van der Waals surface area (Å²) >= 11 is 0. The van der Waals surface area contributed by atoms with Gasteiger partial charge in [0.05, 0.1) is 39.0 Å². The fourth-order valence-electron chi connectivity index (χ4n) is 4.78. The lowest BCUT2D eigenvalue weighted by atomic mass is 9.88. The highest BCUT2D eigenvalue weighted by Crippen LogP contribution is 2.52. The first-order valence-electron chi connectivity index (χ1n) is 10.1. The van der Waals surface area contributed by atoms with E-state index in [-0.39, 0.29) is 12.8 Å². The average Bonchev–Trinajstić information content (AvgIpc) is 3.35. The van der Waals surface area contributed by atoms with Crippen LogP contribution < -0.4 is 14.2 Å². The lowest BCUT2D eigenvalue weighted by Crippen LogP contribution is -2.49. The number of nitrogens with zero attached hydrogens (tertiary/aromatic N) is 5. The summed E-state index contributed by atoms with van der Waals surface area (Å²) in [4.78, 5) is 0. The van der Waals surface area contributed by atoms with Gasteiger partial charge in [-0.05, 0) is 47.0 Å². The van der Waals surface area contributed by atoms with Gasteiger partial charge < -0.3 is 18.7 Å². The summed E-state index contributed by atoms with van der Waals surface area (Å²) in [7, 11) is 6.10. The molecule has 0 unspecified atom stereocenters. The highest BCUT2D eigenvalue weighted by atomic mass is 16.7. The van der Waals surface area contributed by atoms with Crippen LogP contribution in [0.2, 0.25) is 0 Å². The van der Waals surface area contributed by atoms with Crippen molar-refractivity contribution in [1.29, 1.82) is 0 Å². The third kappa shape index (κ3) is 2.67. The number of fused-ring (bicyclic) bond motifs is 2. The van der Waals surface area contributed by atoms with E-state index in [0.29, 0.717) is 16.0 Å². The molecule has 0 aliphatic carbocycles. The minimum atomic E-state index is -0.118. The second-order valence-corrected chi connectivity index (χ2v) is 8.56. The minimum Gasteiger partial charge on any atom is -0.492 e. The summed E-state index contributed by atoms with van der Waals surface area (Å²) in [6, 6.07) is 8.19. The Kier molecular flexibility index (Phi) is 4.21. The molecule has 30 heavy (non-hydrogen) atoms. The average molecular weight is 408 g/mol. The van der Waals surface area contributed by atoms with E-state index in [9.17, 15) is 0 Å². The van der Waals surface area contributed by atoms with Gasteiger partial charge in [-0.3, -0.25) is 0 Å². The molecule has 3 aromatic rings. The molecule has 0 bridgehead atoms. The molecule has 2 aromatic carbocycles. The molecule has 2 aliphatic heterocycles. The van der Waals surface area contributed by atoms with Crippen molar-refractivity contribution in [3.63, 3.8) is 0 Å². The molecular weight excluding hydrogens is 382 g/mol. The molecule has 1 aromatic heterocycles. The van der Waals surface area contributed by atoms with Gasteiger partial charge in [0.15, 0.2) is 17.5 Å². The van der Waals surface area contributed by atoms with Gasteiger partial charge in [-0.2, -0.15) is 4.68 Å². The van der Waals surface area contributed by atoms with Gasteiger partial charge in [0, 0.05) is 6.42 Å². The molecule has 2 aliphatic rings. The molecule has 0 saturated heterocycles. The van der Waals surface area contributed by atoms with E-state index in [4.69, 9.17) is 14.2 Å². The molecule has 0 fully saturated rings. The zero-order chi connectivity index (χ0) is 21.0. The van der Waals surface area contributed by atoms with Crippen LogP contribution in [-0.2, 0) is 6.42 Å². The van der Waals surface area contributed by atoms with Gasteiger partial charge in [-0.25, -0.2) is 0 Å². The zero-order valence-electron chi connectivity index (χ0n) is 18.0. The molecule has 0 radical (unpaired) electrons. The van der Waals surface area contributed by atoms with Crippen LogP contribution in [-0.4, -0.2) is 59.2 Å². The maximum Gasteiger partial charge on any atom is 0.231 e. The smallest absolute Gasteiger partial charge is 0.231 e. The highest BCUT2D eigenvalue weighted by Gasteiger charge is 2.45. The minimum absolute atomic E-state index is 0.118. The van der Waals surface area contributed by atoms with Crippen molar-refractivity contribution in [2.75, 3.05) is 34.5 Å². The number of likely N-dealkylation sites (N-methyl/N-ethyl adjacent to an activating group) is 1. The maximum absolute atomic E-state index is 5.88. The molecule has 3 heterocycles. The zero-order valence-corrected chi connectivity index (χ0v) is 18.0. The van der Waals surface area contributed by atoms with Gasteiger partial charge in [-0.1, -0.05) is 18.2 Å². The number of hydrogen-bond donors (Lipinski definition) is 0. The van der Waals surface area contributed by atoms with E-state index in [1.54, 1.807) is 7.11 Å². The Labute approximate surface area is 175 Å². The molecule has 0 amide bonds. The predicted molar refractivity (Wildman–Crippen MR) is 110 cm³/mol. The van der Waals surface area contributed by atoms with Gasteiger partial charge in [0.1, 0.15) is 0 Å². The third-order valence-electron chi connectivity index (χ3n) is 6.27. The Morgan fingerprint density at radius 2 is 1.93 bits per heavy atom. The summed E-state index contributed by atoms with van der Waals surface area (Å²) in [5.74, 6) is 2.91. The molecule has 8 heteroatoms. The first-order chi connectivity index (χ1) is 14.4. The van der Waals surface area contributed by atoms with Crippen LogP contribution >= 0.6 is 0 Å². The van der Waals surface area contributed by atoms with E-state index in [1.165, 1.54) is 5.56 Å². The highest BCUT2D eigenvalue weighted by molar-refractivity contribution is 5.62. The summed E-state index contributed by atoms with van der Waals surface area (Å²) in [5, 5.41) is 13.0. The topological polar surface area (TPSA) is 71.3 Å². The standard InChI is InChI=1S/C22H26N5O3/c1-13-7-6-8-14(2)18(13)26-22(23-24-25-26)19-17-15(9-10-27(19,3)4)11-16-20(21(17)28-5)30-12-29-16/h6-8,11,19H,9-10,12H2,1-5H3/q+1/t19-/m1/s1. The van der Waals surface area contributed by atoms with Crippen molar-refractivity contribution >= 4 is 0 Å². The lowest BCUT2D eigenvalue weighted by Gasteiger charge is -2.42. The molecule has 5 rings (SSSR count). The Balaban J connectivity index is 1.77. The van der Waals surface area contributed by atoms with Crippen LogP contribution in [0.25, 0.3) is 5.69 Å². The van der Waals surface area contributed by atoms with Crippen LogP contribution in [0.15, 0.2) is 24.3 Å². The van der Waals surface area contributed by atoms with Crippen molar-refractivity contribution in [3.05, 3.63) is 52.3 Å². The normalized spacial score (nSPS) is 18.9. The molecule has 0 saturated carbocycles. The lowest BCUT2D eigenvalue weighted by molar-refractivity contribution is -0.917. The number of quaternary nitrogens is 1. The van der Waals surface area contributed by atoms with Crippen molar-refractivity contribution in [2.24, 2.45) is 0 Å². The molecular formula is C22H26N5O3+. The summed E-state index contributed by atoms with van der Waals surface area (Å²) in [6.07, 6.45) is 0.913. The van der Waals surface area contributed by atoms with E-state index < -0.39 is 0 Å². The summed E-state index contributed by atoms with van der Waals surface area (Å²) in [5.41, 5.74) is 5.53.